The molecule has 0 aliphatic carbocycles. The van der Waals surface area contributed by atoms with Crippen molar-refractivity contribution in [3.8, 4) is 0 Å². The topological polar surface area (TPSA) is 70.9 Å². The molecule has 2 aromatic carbocycles. The maximum atomic E-state index is 12.7. The Morgan fingerprint density at radius 1 is 1.00 bits per heavy atom. The van der Waals surface area contributed by atoms with Crippen molar-refractivity contribution >= 4 is 21.6 Å². The first-order valence-corrected chi connectivity index (χ1v) is 11.7. The lowest BCUT2D eigenvalue weighted by atomic mass is 10.2. The number of likely N-dealkylation sites (N-methyl/N-ethyl adjacent to an activating group) is 1. The van der Waals surface area contributed by atoms with E-state index in [2.05, 4.69) is 24.4 Å². The van der Waals surface area contributed by atoms with Gasteiger partial charge in [0.1, 0.15) is 6.54 Å². The van der Waals surface area contributed by atoms with Crippen molar-refractivity contribution in [3.63, 3.8) is 0 Å². The molecular weight excluding hydrogens is 386 g/mol. The van der Waals surface area contributed by atoms with Crippen LogP contribution in [0, 0.1) is 0 Å². The second kappa shape index (κ2) is 10.0. The molecule has 1 amide bonds. The molecule has 1 atom stereocenters. The first-order chi connectivity index (χ1) is 14.0. The van der Waals surface area contributed by atoms with E-state index in [1.165, 1.54) is 5.56 Å². The molecule has 1 aliphatic rings. The Morgan fingerprint density at radius 3 is 2.28 bits per heavy atom. The van der Waals surface area contributed by atoms with E-state index in [9.17, 15) is 13.2 Å². The van der Waals surface area contributed by atoms with Crippen LogP contribution in [0.3, 0.4) is 0 Å². The van der Waals surface area contributed by atoms with Crippen molar-refractivity contribution < 1.29 is 18.1 Å². The van der Waals surface area contributed by atoms with Gasteiger partial charge in [-0.15, -0.1) is 0 Å². The number of amides is 1. The number of anilines is 1. The summed E-state index contributed by atoms with van der Waals surface area (Å²) in [6.45, 7) is 5.22. The Morgan fingerprint density at radius 2 is 1.66 bits per heavy atom. The first kappa shape index (κ1) is 21.5. The Balaban J connectivity index is 1.58. The summed E-state index contributed by atoms with van der Waals surface area (Å²) in [6.07, 6.45) is 2.90. The zero-order chi connectivity index (χ0) is 20.7. The fraction of sp³-hybridized carbons (Fsp3) is 0.409. The van der Waals surface area contributed by atoms with Gasteiger partial charge < -0.3 is 10.2 Å². The number of carbonyl (C=O) groups excluding carboxylic acids is 1. The standard InChI is InChI=1S/C22H29N3O3S/c1-2-24(17-19-9-5-3-6-10-19)18-22(26)23-20-11-13-21(14-12-20)29(27,28)25-15-7-4-8-16-25/h3,5-6,9-14H,2,4,7-8,15-18H2,1H3,(H,23,26)/p+1. The molecule has 0 aromatic heterocycles. The van der Waals surface area contributed by atoms with Gasteiger partial charge in [0.25, 0.3) is 5.91 Å². The van der Waals surface area contributed by atoms with Gasteiger partial charge in [-0.1, -0.05) is 36.8 Å². The van der Waals surface area contributed by atoms with Gasteiger partial charge in [-0.3, -0.25) is 4.79 Å². The van der Waals surface area contributed by atoms with Crippen LogP contribution < -0.4 is 10.2 Å². The highest BCUT2D eigenvalue weighted by atomic mass is 32.2. The molecule has 1 saturated heterocycles. The lowest BCUT2D eigenvalue weighted by molar-refractivity contribution is -0.903. The number of quaternary nitrogens is 1. The summed E-state index contributed by atoms with van der Waals surface area (Å²) in [5, 5.41) is 2.88. The summed E-state index contributed by atoms with van der Waals surface area (Å²) in [5.41, 5.74) is 1.81. The Labute approximate surface area is 173 Å². The number of hydrogen-bond donors (Lipinski definition) is 2. The number of carbonyl (C=O) groups is 1. The summed E-state index contributed by atoms with van der Waals surface area (Å²) in [5.74, 6) is -0.0792. The zero-order valence-corrected chi connectivity index (χ0v) is 17.7. The van der Waals surface area contributed by atoms with Crippen molar-refractivity contribution in [3.05, 3.63) is 60.2 Å². The van der Waals surface area contributed by atoms with Gasteiger partial charge >= 0.3 is 0 Å². The van der Waals surface area contributed by atoms with Crippen LogP contribution in [0.25, 0.3) is 0 Å². The van der Waals surface area contributed by atoms with Crippen molar-refractivity contribution in [2.24, 2.45) is 0 Å². The van der Waals surface area contributed by atoms with Crippen molar-refractivity contribution in [1.82, 2.24) is 4.31 Å². The third kappa shape index (κ3) is 5.88. The summed E-state index contributed by atoms with van der Waals surface area (Å²) in [4.78, 5) is 13.9. The monoisotopic (exact) mass is 416 g/mol. The molecule has 29 heavy (non-hydrogen) atoms. The van der Waals surface area contributed by atoms with Gasteiger partial charge in [0.2, 0.25) is 10.0 Å². The normalized spacial score (nSPS) is 16.3. The van der Waals surface area contributed by atoms with Gasteiger partial charge in [0.15, 0.2) is 6.54 Å². The van der Waals surface area contributed by atoms with Gasteiger partial charge in [-0.25, -0.2) is 8.42 Å². The largest absolute Gasteiger partial charge is 0.324 e. The molecular formula is C22H30N3O3S+. The predicted molar refractivity (Wildman–Crippen MR) is 114 cm³/mol. The Bertz CT molecular complexity index is 893. The number of piperidine rings is 1. The van der Waals surface area contributed by atoms with Crippen molar-refractivity contribution in [2.75, 3.05) is 31.5 Å². The average molecular weight is 417 g/mol. The molecule has 1 unspecified atom stereocenters. The lowest BCUT2D eigenvalue weighted by Gasteiger charge is -2.25. The average Bonchev–Trinajstić information content (AvgIpc) is 2.75. The highest BCUT2D eigenvalue weighted by Gasteiger charge is 2.25. The minimum Gasteiger partial charge on any atom is -0.324 e. The quantitative estimate of drug-likeness (QED) is 0.691. The van der Waals surface area contributed by atoms with E-state index in [1.807, 2.05) is 18.2 Å². The molecule has 156 valence electrons. The van der Waals surface area contributed by atoms with Crippen LogP contribution in [-0.4, -0.2) is 44.8 Å². The first-order valence-electron chi connectivity index (χ1n) is 10.3. The van der Waals surface area contributed by atoms with Gasteiger partial charge in [-0.2, -0.15) is 4.31 Å². The predicted octanol–water partition coefficient (Wildman–Crippen LogP) is 1.90. The summed E-state index contributed by atoms with van der Waals surface area (Å²) in [7, 11) is -3.45. The van der Waals surface area contributed by atoms with Crippen LogP contribution in [0.5, 0.6) is 0 Å². The maximum absolute atomic E-state index is 12.7. The number of benzene rings is 2. The minimum absolute atomic E-state index is 0.0792. The number of nitrogens with one attached hydrogen (secondary N) is 2. The van der Waals surface area contributed by atoms with Crippen LogP contribution in [-0.2, 0) is 21.4 Å². The molecule has 1 fully saturated rings. The van der Waals surface area contributed by atoms with Crippen LogP contribution in [0.2, 0.25) is 0 Å². The molecule has 2 N–H and O–H groups in total. The van der Waals surface area contributed by atoms with Crippen LogP contribution in [0.4, 0.5) is 5.69 Å². The molecule has 0 spiro atoms. The summed E-state index contributed by atoms with van der Waals surface area (Å²) in [6, 6.07) is 16.6. The van der Waals surface area contributed by atoms with Crippen LogP contribution in [0.1, 0.15) is 31.7 Å². The molecule has 1 aliphatic heterocycles. The summed E-state index contributed by atoms with van der Waals surface area (Å²) >= 11 is 0. The zero-order valence-electron chi connectivity index (χ0n) is 16.9. The number of hydrogen-bond acceptors (Lipinski definition) is 3. The summed E-state index contributed by atoms with van der Waals surface area (Å²) < 4.78 is 27.0. The number of nitrogens with zero attached hydrogens (tertiary/aromatic N) is 1. The van der Waals surface area contributed by atoms with Gasteiger partial charge in [-0.05, 0) is 44.0 Å². The minimum atomic E-state index is -3.45. The third-order valence-corrected chi connectivity index (χ3v) is 7.21. The van der Waals surface area contributed by atoms with E-state index in [0.29, 0.717) is 25.3 Å². The maximum Gasteiger partial charge on any atom is 0.279 e. The Kier molecular flexibility index (Phi) is 7.41. The van der Waals surface area contributed by atoms with Crippen molar-refractivity contribution in [1.29, 1.82) is 0 Å². The van der Waals surface area contributed by atoms with E-state index in [1.54, 1.807) is 28.6 Å². The van der Waals surface area contributed by atoms with Crippen LogP contribution >= 0.6 is 0 Å². The van der Waals surface area contributed by atoms with E-state index >= 15 is 0 Å². The Hall–Kier alpha value is -2.22. The van der Waals surface area contributed by atoms with E-state index in [0.717, 1.165) is 37.3 Å². The lowest BCUT2D eigenvalue weighted by Crippen LogP contribution is -3.11. The van der Waals surface area contributed by atoms with Gasteiger partial charge in [0.05, 0.1) is 11.4 Å². The van der Waals surface area contributed by atoms with Crippen LogP contribution in [0.15, 0.2) is 59.5 Å². The smallest absolute Gasteiger partial charge is 0.279 e. The second-order valence-electron chi connectivity index (χ2n) is 7.48. The molecule has 0 saturated carbocycles. The highest BCUT2D eigenvalue weighted by molar-refractivity contribution is 7.89. The fourth-order valence-corrected chi connectivity index (χ4v) is 5.11. The van der Waals surface area contributed by atoms with E-state index < -0.39 is 10.0 Å². The molecule has 6 nitrogen and oxygen atoms in total. The van der Waals surface area contributed by atoms with E-state index in [-0.39, 0.29) is 10.8 Å². The highest BCUT2D eigenvalue weighted by Crippen LogP contribution is 2.21. The number of sulfonamides is 1. The second-order valence-corrected chi connectivity index (χ2v) is 9.42. The molecule has 1 heterocycles. The van der Waals surface area contributed by atoms with E-state index in [4.69, 9.17) is 0 Å². The third-order valence-electron chi connectivity index (χ3n) is 5.30. The fourth-order valence-electron chi connectivity index (χ4n) is 3.59. The molecule has 2 aromatic rings. The number of rotatable bonds is 8. The molecule has 7 heteroatoms. The molecule has 0 radical (unpaired) electrons. The van der Waals surface area contributed by atoms with Crippen molar-refractivity contribution in [2.45, 2.75) is 37.6 Å². The molecule has 3 rings (SSSR count). The molecule has 0 bridgehead atoms. The SMILES string of the molecule is CC[NH+](CC(=O)Nc1ccc(S(=O)(=O)N2CCCCC2)cc1)Cc1ccccc1. The van der Waals surface area contributed by atoms with Gasteiger partial charge in [0, 0.05) is 24.3 Å².